The van der Waals surface area contributed by atoms with Gasteiger partial charge in [0.2, 0.25) is 0 Å². The molecule has 6 nitrogen and oxygen atoms in total. The number of imide groups is 1. The van der Waals surface area contributed by atoms with Gasteiger partial charge in [0.15, 0.2) is 5.78 Å². The van der Waals surface area contributed by atoms with Crippen molar-refractivity contribution in [3.8, 4) is 5.69 Å². The van der Waals surface area contributed by atoms with Crippen molar-refractivity contribution in [1.82, 2.24) is 14.8 Å². The lowest BCUT2D eigenvalue weighted by molar-refractivity contribution is -0.134. The van der Waals surface area contributed by atoms with Crippen LogP contribution in [0.4, 0.5) is 4.79 Å². The molecule has 1 aliphatic heterocycles. The highest BCUT2D eigenvalue weighted by molar-refractivity contribution is 6.42. The van der Waals surface area contributed by atoms with Gasteiger partial charge in [0.05, 0.1) is 16.6 Å². The maximum absolute atomic E-state index is 13.4. The lowest BCUT2D eigenvalue weighted by atomic mass is 9.64. The molecule has 4 rings (SSSR count). The van der Waals surface area contributed by atoms with Crippen LogP contribution < -0.4 is 5.32 Å². The topological polar surface area (TPSA) is 71.4 Å². The molecule has 1 saturated heterocycles. The summed E-state index contributed by atoms with van der Waals surface area (Å²) in [4.78, 5) is 40.5. The molecule has 1 N–H and O–H groups in total. The van der Waals surface area contributed by atoms with E-state index in [0.717, 1.165) is 22.7 Å². The number of aryl methyl sites for hydroxylation is 1. The summed E-state index contributed by atoms with van der Waals surface area (Å²) in [5.74, 6) is -0.268. The molecule has 0 unspecified atom stereocenters. The van der Waals surface area contributed by atoms with E-state index >= 15 is 0 Å². The molecule has 1 aliphatic carbocycles. The van der Waals surface area contributed by atoms with Crippen LogP contribution in [0.5, 0.6) is 0 Å². The third-order valence-electron chi connectivity index (χ3n) is 6.82. The Hall–Kier alpha value is -2.31. The number of hydrogen-bond acceptors (Lipinski definition) is 3. The van der Waals surface area contributed by atoms with E-state index in [1.165, 1.54) is 0 Å². The zero-order valence-corrected chi connectivity index (χ0v) is 21.1. The number of nitrogens with one attached hydrogen (secondary N) is 1. The first-order valence-corrected chi connectivity index (χ1v) is 11.9. The standard InChI is InChI=1S/C25H29Cl2N3O3/c1-14-10-24(4,5)13-25(11-14)22(32)29(23(33)28-25)12-21(31)18-8-15(2)30(16(18)3)17-6-7-19(26)20(27)9-17/h6-9,14H,10-13H2,1-5H3,(H,28,33)/t14-,25+/m0/s1. The number of rotatable bonds is 4. The van der Waals surface area contributed by atoms with Crippen LogP contribution >= 0.6 is 23.2 Å². The van der Waals surface area contributed by atoms with Crippen molar-refractivity contribution in [3.05, 3.63) is 51.3 Å². The Morgan fingerprint density at radius 1 is 1.12 bits per heavy atom. The summed E-state index contributed by atoms with van der Waals surface area (Å²) in [6, 6.07) is 6.57. The van der Waals surface area contributed by atoms with E-state index < -0.39 is 11.6 Å². The molecule has 2 aromatic rings. The first-order chi connectivity index (χ1) is 15.3. The van der Waals surface area contributed by atoms with Gasteiger partial charge in [-0.05, 0) is 68.7 Å². The normalized spacial score (nSPS) is 24.5. The zero-order chi connectivity index (χ0) is 24.3. The molecule has 2 heterocycles. The van der Waals surface area contributed by atoms with Gasteiger partial charge >= 0.3 is 6.03 Å². The average molecular weight is 490 g/mol. The highest BCUT2D eigenvalue weighted by Gasteiger charge is 2.56. The number of carbonyl (C=O) groups excluding carboxylic acids is 3. The molecule has 176 valence electrons. The minimum Gasteiger partial charge on any atom is -0.323 e. The number of urea groups is 1. The van der Waals surface area contributed by atoms with Crippen LogP contribution in [-0.2, 0) is 4.79 Å². The fourth-order valence-electron chi connectivity index (χ4n) is 5.94. The Kier molecular flexibility index (Phi) is 5.90. The molecule has 0 bridgehead atoms. The number of Topliss-reactive ketones (excluding diaryl/α,β-unsaturated/α-hetero) is 1. The van der Waals surface area contributed by atoms with Crippen LogP contribution in [0.3, 0.4) is 0 Å². The van der Waals surface area contributed by atoms with E-state index in [-0.39, 0.29) is 23.7 Å². The van der Waals surface area contributed by atoms with Crippen molar-refractivity contribution in [3.63, 3.8) is 0 Å². The van der Waals surface area contributed by atoms with Crippen molar-refractivity contribution >= 4 is 40.9 Å². The van der Waals surface area contributed by atoms with Crippen molar-refractivity contribution < 1.29 is 14.4 Å². The predicted molar refractivity (Wildman–Crippen MR) is 129 cm³/mol. The Bertz CT molecular complexity index is 1170. The maximum Gasteiger partial charge on any atom is 0.325 e. The second-order valence-electron chi connectivity index (χ2n) is 10.4. The molecular weight excluding hydrogens is 461 g/mol. The van der Waals surface area contributed by atoms with Crippen molar-refractivity contribution in [2.24, 2.45) is 11.3 Å². The number of aromatic nitrogens is 1. The van der Waals surface area contributed by atoms with Crippen LogP contribution in [-0.4, -0.2) is 39.3 Å². The summed E-state index contributed by atoms with van der Waals surface area (Å²) in [5.41, 5.74) is 1.82. The average Bonchev–Trinajstić information content (AvgIpc) is 3.10. The molecule has 2 atom stereocenters. The molecule has 3 amide bonds. The lowest BCUT2D eigenvalue weighted by Crippen LogP contribution is -2.54. The van der Waals surface area contributed by atoms with Gasteiger partial charge in [-0.15, -0.1) is 0 Å². The van der Waals surface area contributed by atoms with E-state index in [2.05, 4.69) is 26.1 Å². The SMILES string of the molecule is Cc1cc(C(=O)CN2C(=O)N[C@@]3(C[C@@H](C)CC(C)(C)C3)C2=O)c(C)n1-c1ccc(Cl)c(Cl)c1. The van der Waals surface area contributed by atoms with Gasteiger partial charge in [-0.3, -0.25) is 14.5 Å². The monoisotopic (exact) mass is 489 g/mol. The molecule has 1 spiro atoms. The number of amides is 3. The number of benzene rings is 1. The smallest absolute Gasteiger partial charge is 0.323 e. The van der Waals surface area contributed by atoms with Gasteiger partial charge in [-0.1, -0.05) is 44.0 Å². The van der Waals surface area contributed by atoms with Crippen LogP contribution in [0, 0.1) is 25.2 Å². The maximum atomic E-state index is 13.4. The molecule has 2 fully saturated rings. The summed E-state index contributed by atoms with van der Waals surface area (Å²) in [5, 5.41) is 3.80. The molecule has 2 aliphatic rings. The van der Waals surface area contributed by atoms with E-state index in [4.69, 9.17) is 23.2 Å². The molecule has 8 heteroatoms. The van der Waals surface area contributed by atoms with Gasteiger partial charge < -0.3 is 9.88 Å². The number of hydrogen-bond donors (Lipinski definition) is 1. The Morgan fingerprint density at radius 3 is 2.45 bits per heavy atom. The molecule has 1 saturated carbocycles. The van der Waals surface area contributed by atoms with Gasteiger partial charge in [-0.2, -0.15) is 0 Å². The number of halogens is 2. The summed E-state index contributed by atoms with van der Waals surface area (Å²) in [6.45, 7) is 9.79. The van der Waals surface area contributed by atoms with Gasteiger partial charge in [0, 0.05) is 22.6 Å². The summed E-state index contributed by atoms with van der Waals surface area (Å²) in [7, 11) is 0. The summed E-state index contributed by atoms with van der Waals surface area (Å²) in [6.07, 6.45) is 2.17. The minimum atomic E-state index is -0.921. The Morgan fingerprint density at radius 2 is 1.82 bits per heavy atom. The summed E-state index contributed by atoms with van der Waals surface area (Å²) >= 11 is 12.2. The van der Waals surface area contributed by atoms with Crippen LogP contribution in [0.15, 0.2) is 24.3 Å². The van der Waals surface area contributed by atoms with E-state index in [1.54, 1.807) is 18.2 Å². The molecule has 0 radical (unpaired) electrons. The quantitative estimate of drug-likeness (QED) is 0.440. The Balaban J connectivity index is 1.60. The second kappa shape index (κ2) is 8.17. The van der Waals surface area contributed by atoms with Crippen molar-refractivity contribution in [2.45, 2.75) is 59.4 Å². The van der Waals surface area contributed by atoms with Crippen molar-refractivity contribution in [2.75, 3.05) is 6.54 Å². The molecule has 33 heavy (non-hydrogen) atoms. The Labute approximate surface area is 204 Å². The number of carbonyl (C=O) groups is 3. The zero-order valence-electron chi connectivity index (χ0n) is 19.6. The fourth-order valence-corrected chi connectivity index (χ4v) is 6.24. The molecule has 1 aromatic heterocycles. The third kappa shape index (κ3) is 4.19. The van der Waals surface area contributed by atoms with Crippen LogP contribution in [0.2, 0.25) is 10.0 Å². The highest BCUT2D eigenvalue weighted by atomic mass is 35.5. The first-order valence-electron chi connectivity index (χ1n) is 11.2. The van der Waals surface area contributed by atoms with Gasteiger partial charge in [0.25, 0.3) is 5.91 Å². The fraction of sp³-hybridized carbons (Fsp3) is 0.480. The van der Waals surface area contributed by atoms with E-state index in [1.807, 2.05) is 24.5 Å². The van der Waals surface area contributed by atoms with Gasteiger partial charge in [-0.25, -0.2) is 4.79 Å². The van der Waals surface area contributed by atoms with Gasteiger partial charge in [0.1, 0.15) is 5.54 Å². The minimum absolute atomic E-state index is 0.0641. The first kappa shape index (κ1) is 23.8. The van der Waals surface area contributed by atoms with E-state index in [0.29, 0.717) is 40.1 Å². The van der Waals surface area contributed by atoms with Crippen molar-refractivity contribution in [1.29, 1.82) is 0 Å². The lowest BCUT2D eigenvalue weighted by Gasteiger charge is -2.43. The predicted octanol–water partition coefficient (Wildman–Crippen LogP) is 5.72. The summed E-state index contributed by atoms with van der Waals surface area (Å²) < 4.78 is 1.91. The number of nitrogens with zero attached hydrogens (tertiary/aromatic N) is 2. The van der Waals surface area contributed by atoms with E-state index in [9.17, 15) is 14.4 Å². The third-order valence-corrected chi connectivity index (χ3v) is 7.56. The van der Waals surface area contributed by atoms with Crippen LogP contribution in [0.1, 0.15) is 61.8 Å². The molecular formula is C25H29Cl2N3O3. The van der Waals surface area contributed by atoms with Crippen LogP contribution in [0.25, 0.3) is 5.69 Å². The largest absolute Gasteiger partial charge is 0.325 e. The second-order valence-corrected chi connectivity index (χ2v) is 11.2. The highest BCUT2D eigenvalue weighted by Crippen LogP contribution is 2.46. The molecule has 1 aromatic carbocycles. The number of ketones is 1.